The number of nitrogen functional groups attached to an aromatic ring is 1. The average Bonchev–Trinajstić information content (AvgIpc) is 2.40. The molecule has 0 radical (unpaired) electrons. The molecule has 1 atom stereocenters. The second-order valence-electron chi connectivity index (χ2n) is 5.58. The van der Waals surface area contributed by atoms with E-state index in [2.05, 4.69) is 17.1 Å². The molecule has 0 spiro atoms. The predicted molar refractivity (Wildman–Crippen MR) is 78.9 cm³/mol. The van der Waals surface area contributed by atoms with Crippen LogP contribution in [0.4, 0.5) is 15.8 Å². The Morgan fingerprint density at radius 1 is 1.55 bits per heavy atom. The number of piperidine rings is 1. The summed E-state index contributed by atoms with van der Waals surface area (Å²) in [6, 6.07) is 3.99. The number of likely N-dealkylation sites (tertiary alicyclic amines) is 1. The van der Waals surface area contributed by atoms with Crippen molar-refractivity contribution < 1.29 is 9.18 Å². The second-order valence-corrected chi connectivity index (χ2v) is 5.58. The number of anilines is 2. The fourth-order valence-corrected chi connectivity index (χ4v) is 2.61. The molecule has 20 heavy (non-hydrogen) atoms. The highest BCUT2D eigenvalue weighted by molar-refractivity contribution is 5.93. The Balaban J connectivity index is 1.80. The third kappa shape index (κ3) is 4.20. The molecule has 1 saturated heterocycles. The molecule has 1 amide bonds. The van der Waals surface area contributed by atoms with Gasteiger partial charge < -0.3 is 16.0 Å². The van der Waals surface area contributed by atoms with Crippen LogP contribution in [0.3, 0.4) is 0 Å². The number of carbonyl (C=O) groups is 1. The normalized spacial score (nSPS) is 19.8. The van der Waals surface area contributed by atoms with E-state index in [1.54, 1.807) is 0 Å². The van der Waals surface area contributed by atoms with Gasteiger partial charge in [-0.15, -0.1) is 0 Å². The first-order chi connectivity index (χ1) is 9.54. The molecule has 1 fully saturated rings. The van der Waals surface area contributed by atoms with E-state index in [9.17, 15) is 9.18 Å². The number of carbonyl (C=O) groups excluding carboxylic acids is 1. The monoisotopic (exact) mass is 279 g/mol. The number of amides is 1. The van der Waals surface area contributed by atoms with E-state index in [0.29, 0.717) is 18.0 Å². The first-order valence-electron chi connectivity index (χ1n) is 7.12. The van der Waals surface area contributed by atoms with E-state index >= 15 is 0 Å². The van der Waals surface area contributed by atoms with Gasteiger partial charge in [0.25, 0.3) is 0 Å². The molecule has 1 unspecified atom stereocenters. The zero-order valence-corrected chi connectivity index (χ0v) is 11.9. The van der Waals surface area contributed by atoms with Crippen LogP contribution in [0, 0.1) is 11.7 Å². The van der Waals surface area contributed by atoms with Gasteiger partial charge in [0.2, 0.25) is 5.91 Å². The van der Waals surface area contributed by atoms with Crippen LogP contribution >= 0.6 is 0 Å². The van der Waals surface area contributed by atoms with Crippen LogP contribution in [-0.4, -0.2) is 30.4 Å². The molecule has 1 aromatic rings. The number of nitrogens with two attached hydrogens (primary N) is 1. The Morgan fingerprint density at radius 3 is 3.05 bits per heavy atom. The standard InChI is InChI=1S/C15H22FN3O/c1-11-3-2-7-19(10-11)8-6-15(20)18-14-5-4-12(16)9-13(14)17/h4-5,9,11H,2-3,6-8,10,17H2,1H3,(H,18,20). The van der Waals surface area contributed by atoms with Crippen molar-refractivity contribution in [3.05, 3.63) is 24.0 Å². The third-order valence-corrected chi connectivity index (χ3v) is 3.68. The summed E-state index contributed by atoms with van der Waals surface area (Å²) in [5.74, 6) is 0.226. The number of nitrogens with zero attached hydrogens (tertiary/aromatic N) is 1. The van der Waals surface area contributed by atoms with Gasteiger partial charge in [0.15, 0.2) is 0 Å². The van der Waals surface area contributed by atoms with E-state index < -0.39 is 5.82 Å². The van der Waals surface area contributed by atoms with Crippen molar-refractivity contribution in [3.8, 4) is 0 Å². The highest BCUT2D eigenvalue weighted by Gasteiger charge is 2.17. The lowest BCUT2D eigenvalue weighted by Crippen LogP contribution is -2.36. The van der Waals surface area contributed by atoms with Gasteiger partial charge in [-0.3, -0.25) is 4.79 Å². The van der Waals surface area contributed by atoms with Crippen molar-refractivity contribution in [2.45, 2.75) is 26.2 Å². The van der Waals surface area contributed by atoms with Gasteiger partial charge in [-0.25, -0.2) is 4.39 Å². The van der Waals surface area contributed by atoms with Crippen molar-refractivity contribution in [2.24, 2.45) is 5.92 Å². The quantitative estimate of drug-likeness (QED) is 0.832. The summed E-state index contributed by atoms with van der Waals surface area (Å²) < 4.78 is 12.9. The molecule has 4 nitrogen and oxygen atoms in total. The van der Waals surface area contributed by atoms with Crippen molar-refractivity contribution in [2.75, 3.05) is 30.7 Å². The smallest absolute Gasteiger partial charge is 0.225 e. The van der Waals surface area contributed by atoms with Crippen LogP contribution in [0.5, 0.6) is 0 Å². The lowest BCUT2D eigenvalue weighted by Gasteiger charge is -2.30. The minimum Gasteiger partial charge on any atom is -0.397 e. The van der Waals surface area contributed by atoms with E-state index in [1.165, 1.54) is 31.0 Å². The number of halogens is 1. The molecule has 3 N–H and O–H groups in total. The maximum absolute atomic E-state index is 12.9. The van der Waals surface area contributed by atoms with E-state index in [-0.39, 0.29) is 11.6 Å². The minimum absolute atomic E-state index is 0.0819. The molecule has 1 aliphatic heterocycles. The van der Waals surface area contributed by atoms with Crippen LogP contribution in [-0.2, 0) is 4.79 Å². The molecule has 1 aliphatic rings. The summed E-state index contributed by atoms with van der Waals surface area (Å²) in [7, 11) is 0. The van der Waals surface area contributed by atoms with Gasteiger partial charge >= 0.3 is 0 Å². The maximum atomic E-state index is 12.9. The maximum Gasteiger partial charge on any atom is 0.225 e. The van der Waals surface area contributed by atoms with Gasteiger partial charge in [-0.05, 0) is 43.5 Å². The molecule has 2 rings (SSSR count). The molecule has 1 aromatic carbocycles. The first-order valence-corrected chi connectivity index (χ1v) is 7.12. The molecular formula is C15H22FN3O. The fourth-order valence-electron chi connectivity index (χ4n) is 2.61. The topological polar surface area (TPSA) is 58.4 Å². The SMILES string of the molecule is CC1CCCN(CCC(=O)Nc2ccc(F)cc2N)C1. The summed E-state index contributed by atoms with van der Waals surface area (Å²) in [5, 5.41) is 2.73. The van der Waals surface area contributed by atoms with Crippen LogP contribution in [0.15, 0.2) is 18.2 Å². The van der Waals surface area contributed by atoms with Gasteiger partial charge in [-0.1, -0.05) is 6.92 Å². The zero-order valence-electron chi connectivity index (χ0n) is 11.9. The third-order valence-electron chi connectivity index (χ3n) is 3.68. The summed E-state index contributed by atoms with van der Waals surface area (Å²) in [6.45, 7) is 5.13. The Labute approximate surface area is 119 Å². The van der Waals surface area contributed by atoms with Crippen LogP contribution in [0.25, 0.3) is 0 Å². The van der Waals surface area contributed by atoms with Crippen molar-refractivity contribution >= 4 is 17.3 Å². The Hall–Kier alpha value is -1.62. The molecule has 5 heteroatoms. The summed E-state index contributed by atoms with van der Waals surface area (Å²) in [4.78, 5) is 14.2. The summed E-state index contributed by atoms with van der Waals surface area (Å²) in [6.07, 6.45) is 2.91. The molecule has 0 saturated carbocycles. The molecule has 0 bridgehead atoms. The number of nitrogens with one attached hydrogen (secondary N) is 1. The molecule has 0 aromatic heterocycles. The number of rotatable bonds is 4. The lowest BCUT2D eigenvalue weighted by molar-refractivity contribution is -0.116. The molecule has 1 heterocycles. The number of hydrogen-bond acceptors (Lipinski definition) is 3. The van der Waals surface area contributed by atoms with Gasteiger partial charge in [0.05, 0.1) is 11.4 Å². The Morgan fingerprint density at radius 2 is 2.35 bits per heavy atom. The van der Waals surface area contributed by atoms with Gasteiger partial charge in [0.1, 0.15) is 5.82 Å². The van der Waals surface area contributed by atoms with Gasteiger partial charge in [0, 0.05) is 19.5 Å². The first kappa shape index (κ1) is 14.8. The van der Waals surface area contributed by atoms with Gasteiger partial charge in [-0.2, -0.15) is 0 Å². The highest BCUT2D eigenvalue weighted by Crippen LogP contribution is 2.19. The highest BCUT2D eigenvalue weighted by atomic mass is 19.1. The molecule has 110 valence electrons. The Bertz CT molecular complexity index is 478. The van der Waals surface area contributed by atoms with Crippen molar-refractivity contribution in [1.29, 1.82) is 0 Å². The second kappa shape index (κ2) is 6.70. The fraction of sp³-hybridized carbons (Fsp3) is 0.533. The largest absolute Gasteiger partial charge is 0.397 e. The minimum atomic E-state index is -0.400. The Kier molecular flexibility index (Phi) is 4.95. The van der Waals surface area contributed by atoms with Crippen LogP contribution in [0.2, 0.25) is 0 Å². The van der Waals surface area contributed by atoms with E-state index in [0.717, 1.165) is 19.6 Å². The van der Waals surface area contributed by atoms with E-state index in [1.807, 2.05) is 0 Å². The van der Waals surface area contributed by atoms with Crippen molar-refractivity contribution in [1.82, 2.24) is 4.90 Å². The molecular weight excluding hydrogens is 257 g/mol. The zero-order chi connectivity index (χ0) is 14.5. The summed E-state index contributed by atoms with van der Waals surface area (Å²) in [5.41, 5.74) is 6.39. The number of hydrogen-bond donors (Lipinski definition) is 2. The van der Waals surface area contributed by atoms with Crippen LogP contribution < -0.4 is 11.1 Å². The lowest BCUT2D eigenvalue weighted by atomic mass is 10.0. The number of benzene rings is 1. The van der Waals surface area contributed by atoms with E-state index in [4.69, 9.17) is 5.73 Å². The van der Waals surface area contributed by atoms with Crippen molar-refractivity contribution in [3.63, 3.8) is 0 Å². The average molecular weight is 279 g/mol. The predicted octanol–water partition coefficient (Wildman–Crippen LogP) is 2.47. The molecule has 0 aliphatic carbocycles. The summed E-state index contributed by atoms with van der Waals surface area (Å²) >= 11 is 0. The van der Waals surface area contributed by atoms with Crippen LogP contribution in [0.1, 0.15) is 26.2 Å².